The predicted molar refractivity (Wildman–Crippen MR) is 120 cm³/mol. The van der Waals surface area contributed by atoms with Gasteiger partial charge >= 0.3 is 26.2 Å². The zero-order valence-corrected chi connectivity index (χ0v) is 21.7. The maximum absolute atomic E-state index is 3.07. The van der Waals surface area contributed by atoms with E-state index in [2.05, 4.69) is 83.9 Å². The van der Waals surface area contributed by atoms with E-state index >= 15 is 0 Å². The number of hydrogen-bond acceptors (Lipinski definition) is 0. The fraction of sp³-hybridized carbons (Fsp3) is 0.111. The van der Waals surface area contributed by atoms with Crippen LogP contribution in [-0.2, 0) is 39.0 Å². The topological polar surface area (TPSA) is 0 Å². The molecule has 0 spiro atoms. The standard InChI is InChI=1S/C14H14.2C2H2P3.Zr/c1-3-7-13(8-4-1)11-12-14-9-5-2-6-10-14;2*1-2-4-5-3-1;/h1-10H,11-12H2;2*1,3H;/q;2*-1;+2. The molecule has 124 valence electrons. The first-order valence-corrected chi connectivity index (χ1v) is 16.3. The molecule has 0 aliphatic heterocycles. The molecular formula is C18H18P6Zr. The van der Waals surface area contributed by atoms with Crippen molar-refractivity contribution < 1.29 is 26.2 Å². The molecule has 0 amide bonds. The van der Waals surface area contributed by atoms with Crippen molar-refractivity contribution in [3.05, 3.63) is 95.0 Å². The maximum Gasteiger partial charge on any atom is 2.00 e. The number of benzene rings is 2. The van der Waals surface area contributed by atoms with Crippen LogP contribution in [-0.4, -0.2) is 0 Å². The van der Waals surface area contributed by atoms with Crippen LogP contribution in [0.4, 0.5) is 0 Å². The normalized spacial score (nSPS) is 10.7. The van der Waals surface area contributed by atoms with E-state index in [1.165, 1.54) is 42.0 Å². The van der Waals surface area contributed by atoms with E-state index in [-0.39, 0.29) is 26.2 Å². The Kier molecular flexibility index (Phi) is 15.8. The van der Waals surface area contributed by atoms with E-state index in [4.69, 9.17) is 0 Å². The number of aryl methyl sites for hydroxylation is 2. The van der Waals surface area contributed by atoms with Crippen molar-refractivity contribution in [2.45, 2.75) is 12.8 Å². The third-order valence-electron chi connectivity index (χ3n) is 2.98. The monoisotopic (exact) mass is 510 g/mol. The Bertz CT molecular complexity index is 615. The molecule has 4 aromatic rings. The summed E-state index contributed by atoms with van der Waals surface area (Å²) in [5.74, 6) is 10.4. The van der Waals surface area contributed by atoms with E-state index in [0.29, 0.717) is 0 Å². The molecule has 25 heavy (non-hydrogen) atoms. The molecule has 0 fully saturated rings. The predicted octanol–water partition coefficient (Wildman–Crippen LogP) is 8.83. The van der Waals surface area contributed by atoms with Gasteiger partial charge in [0.15, 0.2) is 0 Å². The van der Waals surface area contributed by atoms with Gasteiger partial charge in [0, 0.05) is 0 Å². The van der Waals surface area contributed by atoms with Crippen molar-refractivity contribution in [3.8, 4) is 0 Å². The summed E-state index contributed by atoms with van der Waals surface area (Å²) in [6, 6.07) is 21.2. The summed E-state index contributed by atoms with van der Waals surface area (Å²) in [6.07, 6.45) is 2.26. The van der Waals surface area contributed by atoms with Gasteiger partial charge in [0.1, 0.15) is 0 Å². The summed E-state index contributed by atoms with van der Waals surface area (Å²) < 4.78 is 0. The van der Waals surface area contributed by atoms with Crippen molar-refractivity contribution in [3.63, 3.8) is 0 Å². The number of rotatable bonds is 3. The van der Waals surface area contributed by atoms with Crippen molar-refractivity contribution in [2.24, 2.45) is 0 Å². The smallest absolute Gasteiger partial charge is 0.430 e. The van der Waals surface area contributed by atoms with Crippen LogP contribution in [0.3, 0.4) is 0 Å². The Morgan fingerprint density at radius 2 is 1.04 bits per heavy atom. The van der Waals surface area contributed by atoms with Gasteiger partial charge in [-0.2, -0.15) is 0 Å². The second-order valence-electron chi connectivity index (χ2n) is 4.68. The first-order chi connectivity index (χ1) is 11.9. The summed E-state index contributed by atoms with van der Waals surface area (Å²) in [6.45, 7) is 0. The summed E-state index contributed by atoms with van der Waals surface area (Å²) >= 11 is 0. The van der Waals surface area contributed by atoms with E-state index < -0.39 is 0 Å². The van der Waals surface area contributed by atoms with Crippen molar-refractivity contribution in [1.82, 2.24) is 0 Å². The minimum Gasteiger partial charge on any atom is -0.430 e. The minimum absolute atomic E-state index is 0. The van der Waals surface area contributed by atoms with Gasteiger partial charge in [-0.3, -0.25) is 15.7 Å². The molecule has 2 aromatic carbocycles. The summed E-state index contributed by atoms with van der Waals surface area (Å²) in [5.41, 5.74) is 2.83. The van der Waals surface area contributed by atoms with Crippen LogP contribution >= 0.6 is 46.6 Å². The van der Waals surface area contributed by atoms with E-state index in [0.717, 1.165) is 28.6 Å². The van der Waals surface area contributed by atoms with Gasteiger partial charge < -0.3 is 11.6 Å². The molecule has 2 aromatic heterocycles. The van der Waals surface area contributed by atoms with Crippen LogP contribution in [0.25, 0.3) is 0 Å². The Labute approximate surface area is 179 Å². The average molecular weight is 511 g/mol. The minimum atomic E-state index is 0. The second kappa shape index (κ2) is 16.8. The van der Waals surface area contributed by atoms with Crippen LogP contribution in [0, 0.1) is 11.6 Å². The molecule has 0 saturated carbocycles. The molecule has 0 bridgehead atoms. The molecule has 4 rings (SSSR count). The Hall–Kier alpha value is 0.603. The molecule has 2 unspecified atom stereocenters. The van der Waals surface area contributed by atoms with Crippen LogP contribution < -0.4 is 0 Å². The molecule has 0 saturated heterocycles. The average Bonchev–Trinajstić information content (AvgIpc) is 3.40. The van der Waals surface area contributed by atoms with Crippen LogP contribution in [0.5, 0.6) is 0 Å². The quantitative estimate of drug-likeness (QED) is 0.241. The Morgan fingerprint density at radius 1 is 0.640 bits per heavy atom. The molecule has 0 aliphatic rings. The SMILES string of the molecule is [Zr+2].[c-]1c[pH]pp1.[c-]1c[pH]pp1.c1ccc(CCc2ccccc2)cc1. The van der Waals surface area contributed by atoms with E-state index in [1.54, 1.807) is 0 Å². The molecule has 2 atom stereocenters. The molecular weight excluding hydrogens is 493 g/mol. The fourth-order valence-corrected chi connectivity index (χ4v) is 9.37. The van der Waals surface area contributed by atoms with Gasteiger partial charge in [0.25, 0.3) is 0 Å². The van der Waals surface area contributed by atoms with Crippen molar-refractivity contribution in [1.29, 1.82) is 0 Å². The second-order valence-corrected chi connectivity index (χ2v) is 14.6. The Morgan fingerprint density at radius 3 is 1.28 bits per heavy atom. The third-order valence-corrected chi connectivity index (χ3v) is 11.6. The van der Waals surface area contributed by atoms with Gasteiger partial charge in [-0.1, -0.05) is 75.8 Å². The molecule has 0 nitrogen and oxygen atoms in total. The first kappa shape index (κ1) is 23.6. The van der Waals surface area contributed by atoms with E-state index in [1.807, 2.05) is 0 Å². The summed E-state index contributed by atoms with van der Waals surface area (Å²) in [4.78, 5) is 0. The van der Waals surface area contributed by atoms with Gasteiger partial charge in [-0.15, -0.1) is 15.7 Å². The molecule has 0 N–H and O–H groups in total. The number of hydrogen-bond donors (Lipinski definition) is 0. The molecule has 7 heteroatoms. The van der Waals surface area contributed by atoms with Crippen LogP contribution in [0.2, 0.25) is 0 Å². The molecule has 0 radical (unpaired) electrons. The van der Waals surface area contributed by atoms with Crippen molar-refractivity contribution in [2.75, 3.05) is 0 Å². The zero-order valence-electron chi connectivity index (χ0n) is 13.6. The van der Waals surface area contributed by atoms with Crippen LogP contribution in [0.1, 0.15) is 11.1 Å². The third kappa shape index (κ3) is 12.6. The van der Waals surface area contributed by atoms with Gasteiger partial charge in [0.05, 0.1) is 0 Å². The van der Waals surface area contributed by atoms with Crippen LogP contribution in [0.15, 0.2) is 72.3 Å². The Balaban J connectivity index is 0.000000233. The van der Waals surface area contributed by atoms with Gasteiger partial charge in [-0.05, 0) is 24.0 Å². The fourth-order valence-electron chi connectivity index (χ4n) is 1.87. The first-order valence-electron chi connectivity index (χ1n) is 7.48. The zero-order chi connectivity index (χ0) is 16.7. The molecule has 2 heterocycles. The largest absolute Gasteiger partial charge is 2.00 e. The van der Waals surface area contributed by atoms with Crippen molar-refractivity contribution >= 4 is 46.6 Å². The van der Waals surface area contributed by atoms with E-state index in [9.17, 15) is 0 Å². The molecule has 0 aliphatic carbocycles. The van der Waals surface area contributed by atoms with Gasteiger partial charge in [0.2, 0.25) is 0 Å². The summed E-state index contributed by atoms with van der Waals surface area (Å²) in [5, 5.41) is 0. The maximum atomic E-state index is 3.07. The summed E-state index contributed by atoms with van der Waals surface area (Å²) in [7, 11) is 7.85. The van der Waals surface area contributed by atoms with Gasteiger partial charge in [-0.25, -0.2) is 11.6 Å².